The molecule has 0 saturated heterocycles. The van der Waals surface area contributed by atoms with Gasteiger partial charge in [-0.05, 0) is 67.9 Å². The number of carbonyl (C=O) groups excluding carboxylic acids is 2. The SMILES string of the molecule is CCC(C)Oc1cccc(C(=O)Nc2cccc(C(=O)Nc3cccc(Cl)c3)c2)c1. The highest BCUT2D eigenvalue weighted by atomic mass is 35.5. The third-order valence-electron chi connectivity index (χ3n) is 4.47. The molecule has 0 radical (unpaired) electrons. The smallest absolute Gasteiger partial charge is 0.255 e. The summed E-state index contributed by atoms with van der Waals surface area (Å²) in [6, 6.07) is 20.7. The minimum Gasteiger partial charge on any atom is -0.491 e. The molecule has 0 bridgehead atoms. The van der Waals surface area contributed by atoms with E-state index in [4.69, 9.17) is 16.3 Å². The number of carbonyl (C=O) groups is 2. The first kappa shape index (κ1) is 21.4. The summed E-state index contributed by atoms with van der Waals surface area (Å²) in [4.78, 5) is 25.2. The number of hydrogen-bond acceptors (Lipinski definition) is 3. The summed E-state index contributed by atoms with van der Waals surface area (Å²) in [5.41, 5.74) is 2.01. The average Bonchev–Trinajstić information content (AvgIpc) is 2.74. The number of benzene rings is 3. The zero-order valence-corrected chi connectivity index (χ0v) is 17.6. The van der Waals surface area contributed by atoms with Crippen molar-refractivity contribution in [2.24, 2.45) is 0 Å². The molecule has 3 aromatic rings. The number of ether oxygens (including phenoxy) is 1. The molecule has 6 heteroatoms. The molecule has 154 valence electrons. The number of halogens is 1. The minimum absolute atomic E-state index is 0.0676. The Bertz CT molecular complexity index is 1050. The van der Waals surface area contributed by atoms with E-state index in [-0.39, 0.29) is 17.9 Å². The predicted octanol–water partition coefficient (Wildman–Crippen LogP) is 6.02. The summed E-state index contributed by atoms with van der Waals surface area (Å²) >= 11 is 5.95. The second kappa shape index (κ2) is 9.94. The molecule has 0 aliphatic carbocycles. The van der Waals surface area contributed by atoms with E-state index in [1.54, 1.807) is 66.7 Å². The van der Waals surface area contributed by atoms with E-state index in [9.17, 15) is 9.59 Å². The Balaban J connectivity index is 1.69. The van der Waals surface area contributed by atoms with Crippen LogP contribution in [-0.4, -0.2) is 17.9 Å². The fourth-order valence-electron chi connectivity index (χ4n) is 2.74. The van der Waals surface area contributed by atoms with Gasteiger partial charge in [-0.25, -0.2) is 0 Å². The molecule has 0 saturated carbocycles. The van der Waals surface area contributed by atoms with Crippen molar-refractivity contribution in [2.45, 2.75) is 26.4 Å². The quantitative estimate of drug-likeness (QED) is 0.489. The Morgan fingerprint density at radius 3 is 2.07 bits per heavy atom. The van der Waals surface area contributed by atoms with E-state index in [2.05, 4.69) is 10.6 Å². The van der Waals surface area contributed by atoms with Crippen LogP contribution in [0.3, 0.4) is 0 Å². The second-order valence-corrected chi connectivity index (χ2v) is 7.30. The number of amides is 2. The molecule has 0 aromatic heterocycles. The Labute approximate surface area is 181 Å². The topological polar surface area (TPSA) is 67.4 Å². The summed E-state index contributed by atoms with van der Waals surface area (Å²) in [6.07, 6.45) is 0.943. The van der Waals surface area contributed by atoms with Gasteiger partial charge in [0.15, 0.2) is 0 Å². The van der Waals surface area contributed by atoms with Crippen molar-refractivity contribution in [3.05, 3.63) is 88.9 Å². The predicted molar refractivity (Wildman–Crippen MR) is 121 cm³/mol. The lowest BCUT2D eigenvalue weighted by atomic mass is 10.1. The first-order chi connectivity index (χ1) is 14.4. The molecule has 0 fully saturated rings. The summed E-state index contributed by atoms with van der Waals surface area (Å²) in [5, 5.41) is 6.15. The van der Waals surface area contributed by atoms with Crippen molar-refractivity contribution in [1.82, 2.24) is 0 Å². The fraction of sp³-hybridized carbons (Fsp3) is 0.167. The molecule has 30 heavy (non-hydrogen) atoms. The maximum absolute atomic E-state index is 12.6. The van der Waals surface area contributed by atoms with Gasteiger partial charge in [0.25, 0.3) is 11.8 Å². The van der Waals surface area contributed by atoms with E-state index in [0.29, 0.717) is 33.3 Å². The Kier molecular flexibility index (Phi) is 7.09. The van der Waals surface area contributed by atoms with Crippen molar-refractivity contribution in [3.63, 3.8) is 0 Å². The van der Waals surface area contributed by atoms with Gasteiger partial charge < -0.3 is 15.4 Å². The van der Waals surface area contributed by atoms with E-state index in [1.165, 1.54) is 0 Å². The number of nitrogens with one attached hydrogen (secondary N) is 2. The van der Waals surface area contributed by atoms with E-state index < -0.39 is 0 Å². The minimum atomic E-state index is -0.294. The van der Waals surface area contributed by atoms with Gasteiger partial charge in [0.05, 0.1) is 6.10 Å². The first-order valence-electron chi connectivity index (χ1n) is 9.69. The Hall–Kier alpha value is -3.31. The second-order valence-electron chi connectivity index (χ2n) is 6.86. The molecule has 0 aliphatic heterocycles. The van der Waals surface area contributed by atoms with Crippen molar-refractivity contribution >= 4 is 34.8 Å². The lowest BCUT2D eigenvalue weighted by Gasteiger charge is -2.13. The van der Waals surface area contributed by atoms with E-state index in [1.807, 2.05) is 19.9 Å². The van der Waals surface area contributed by atoms with Gasteiger partial charge in [0.2, 0.25) is 0 Å². The summed E-state index contributed by atoms with van der Waals surface area (Å²) in [6.45, 7) is 4.02. The Morgan fingerprint density at radius 2 is 1.43 bits per heavy atom. The highest BCUT2D eigenvalue weighted by Gasteiger charge is 2.11. The fourth-order valence-corrected chi connectivity index (χ4v) is 2.93. The number of anilines is 2. The molecule has 1 atom stereocenters. The van der Waals surface area contributed by atoms with Crippen LogP contribution >= 0.6 is 11.6 Å². The molecule has 3 aromatic carbocycles. The van der Waals surface area contributed by atoms with Gasteiger partial charge in [-0.2, -0.15) is 0 Å². The monoisotopic (exact) mass is 422 g/mol. The van der Waals surface area contributed by atoms with Crippen LogP contribution in [0.25, 0.3) is 0 Å². The number of rotatable bonds is 7. The van der Waals surface area contributed by atoms with Crippen LogP contribution in [0.4, 0.5) is 11.4 Å². The van der Waals surface area contributed by atoms with Gasteiger partial charge in [-0.3, -0.25) is 9.59 Å². The molecule has 0 heterocycles. The molecule has 5 nitrogen and oxygen atoms in total. The summed E-state index contributed by atoms with van der Waals surface area (Å²) in [7, 11) is 0. The standard InChI is InChI=1S/C24H23ClN2O3/c1-3-16(2)30-22-12-5-8-18(14-22)24(29)26-20-10-4-7-17(13-20)23(28)27-21-11-6-9-19(25)15-21/h4-16H,3H2,1-2H3,(H,26,29)(H,27,28). The van der Waals surface area contributed by atoms with Gasteiger partial charge in [-0.15, -0.1) is 0 Å². The van der Waals surface area contributed by atoms with Crippen LogP contribution in [0.5, 0.6) is 5.75 Å². The number of hydrogen-bond donors (Lipinski definition) is 2. The zero-order valence-electron chi connectivity index (χ0n) is 16.8. The van der Waals surface area contributed by atoms with Crippen molar-refractivity contribution in [2.75, 3.05) is 10.6 Å². The van der Waals surface area contributed by atoms with E-state index in [0.717, 1.165) is 6.42 Å². The van der Waals surface area contributed by atoms with Crippen molar-refractivity contribution < 1.29 is 14.3 Å². The highest BCUT2D eigenvalue weighted by molar-refractivity contribution is 6.31. The third kappa shape index (κ3) is 5.84. The maximum Gasteiger partial charge on any atom is 0.255 e. The van der Waals surface area contributed by atoms with Crippen LogP contribution in [-0.2, 0) is 0 Å². The molecule has 2 amide bonds. The average molecular weight is 423 g/mol. The molecule has 2 N–H and O–H groups in total. The lowest BCUT2D eigenvalue weighted by Crippen LogP contribution is -2.15. The van der Waals surface area contributed by atoms with Crippen LogP contribution < -0.4 is 15.4 Å². The third-order valence-corrected chi connectivity index (χ3v) is 4.71. The van der Waals surface area contributed by atoms with Crippen LogP contribution in [0, 0.1) is 0 Å². The molecule has 3 rings (SSSR count). The largest absolute Gasteiger partial charge is 0.491 e. The van der Waals surface area contributed by atoms with Crippen molar-refractivity contribution in [1.29, 1.82) is 0 Å². The van der Waals surface area contributed by atoms with Gasteiger partial charge in [-0.1, -0.05) is 36.7 Å². The molecular formula is C24H23ClN2O3. The maximum atomic E-state index is 12.6. The molecule has 0 spiro atoms. The normalized spacial score (nSPS) is 11.4. The Morgan fingerprint density at radius 1 is 0.867 bits per heavy atom. The van der Waals surface area contributed by atoms with Gasteiger partial charge in [0, 0.05) is 27.5 Å². The zero-order chi connectivity index (χ0) is 21.5. The lowest BCUT2D eigenvalue weighted by molar-refractivity contribution is 0.101. The van der Waals surface area contributed by atoms with E-state index >= 15 is 0 Å². The van der Waals surface area contributed by atoms with Gasteiger partial charge in [0.1, 0.15) is 5.75 Å². The summed E-state index contributed by atoms with van der Waals surface area (Å²) < 4.78 is 5.78. The summed E-state index contributed by atoms with van der Waals surface area (Å²) in [5.74, 6) is 0.0703. The van der Waals surface area contributed by atoms with Crippen LogP contribution in [0.1, 0.15) is 41.0 Å². The first-order valence-corrected chi connectivity index (χ1v) is 10.1. The van der Waals surface area contributed by atoms with Crippen LogP contribution in [0.2, 0.25) is 5.02 Å². The highest BCUT2D eigenvalue weighted by Crippen LogP contribution is 2.19. The van der Waals surface area contributed by atoms with Gasteiger partial charge >= 0.3 is 0 Å². The molecular weight excluding hydrogens is 400 g/mol. The van der Waals surface area contributed by atoms with Crippen molar-refractivity contribution in [3.8, 4) is 5.75 Å². The molecule has 1 unspecified atom stereocenters. The molecule has 0 aliphatic rings. The van der Waals surface area contributed by atoms with Crippen LogP contribution in [0.15, 0.2) is 72.8 Å².